The zero-order valence-corrected chi connectivity index (χ0v) is 13.8. The van der Waals surface area contributed by atoms with Crippen molar-refractivity contribution in [1.82, 2.24) is 9.88 Å². The number of hydrogen-bond acceptors (Lipinski definition) is 5. The highest BCUT2D eigenvalue weighted by atomic mass is 15.2. The smallest absolute Gasteiger partial charge is 0.153 e. The lowest BCUT2D eigenvalue weighted by molar-refractivity contribution is 0.465. The second kappa shape index (κ2) is 6.97. The fraction of sp³-hybridized carbons (Fsp3) is 0.211. The van der Waals surface area contributed by atoms with Crippen LogP contribution >= 0.6 is 0 Å². The molecule has 1 aromatic heterocycles. The van der Waals surface area contributed by atoms with Crippen molar-refractivity contribution in [2.45, 2.75) is 13.8 Å². The van der Waals surface area contributed by atoms with Gasteiger partial charge in [0.15, 0.2) is 5.82 Å². The Balaban J connectivity index is 2.19. The van der Waals surface area contributed by atoms with Gasteiger partial charge in [-0.1, -0.05) is 18.2 Å². The number of pyridine rings is 1. The molecule has 1 aliphatic heterocycles. The molecule has 0 amide bonds. The summed E-state index contributed by atoms with van der Waals surface area (Å²) in [6.45, 7) is 5.90. The first kappa shape index (κ1) is 15.8. The highest BCUT2D eigenvalue weighted by Gasteiger charge is 2.22. The third-order valence-electron chi connectivity index (χ3n) is 3.97. The molecule has 0 bridgehead atoms. The summed E-state index contributed by atoms with van der Waals surface area (Å²) in [5, 5.41) is 12.9. The summed E-state index contributed by atoms with van der Waals surface area (Å²) in [7, 11) is 0. The van der Waals surface area contributed by atoms with Crippen LogP contribution < -0.4 is 5.32 Å². The number of aromatic nitrogens is 1. The Labute approximate surface area is 142 Å². The number of anilines is 1. The zero-order valence-electron chi connectivity index (χ0n) is 13.8. The van der Waals surface area contributed by atoms with E-state index in [4.69, 9.17) is 4.99 Å². The number of aliphatic imine (C=N–C) groups is 1. The molecule has 0 saturated carbocycles. The molecule has 5 heteroatoms. The normalized spacial score (nSPS) is 14.8. The minimum absolute atomic E-state index is 0.440. The van der Waals surface area contributed by atoms with Crippen LogP contribution in [-0.4, -0.2) is 28.8 Å². The van der Waals surface area contributed by atoms with Gasteiger partial charge >= 0.3 is 0 Å². The van der Waals surface area contributed by atoms with E-state index in [9.17, 15) is 5.26 Å². The average Bonchev–Trinajstić information content (AvgIpc) is 2.64. The maximum atomic E-state index is 9.65. The first-order valence-electron chi connectivity index (χ1n) is 8.04. The van der Waals surface area contributed by atoms with Gasteiger partial charge in [0.2, 0.25) is 0 Å². The molecule has 1 N–H and O–H groups in total. The molecule has 0 spiro atoms. The van der Waals surface area contributed by atoms with Crippen LogP contribution in [0, 0.1) is 11.3 Å². The molecule has 0 atom stereocenters. The fourth-order valence-electron chi connectivity index (χ4n) is 2.73. The lowest BCUT2D eigenvalue weighted by Crippen LogP contribution is -2.34. The number of nitrogens with one attached hydrogen (secondary N) is 1. The summed E-state index contributed by atoms with van der Waals surface area (Å²) >= 11 is 0. The minimum atomic E-state index is 0.440. The van der Waals surface area contributed by atoms with E-state index in [1.165, 1.54) is 0 Å². The van der Waals surface area contributed by atoms with E-state index in [0.717, 1.165) is 30.2 Å². The van der Waals surface area contributed by atoms with Gasteiger partial charge in [-0.2, -0.15) is 5.26 Å². The van der Waals surface area contributed by atoms with Crippen molar-refractivity contribution in [1.29, 1.82) is 5.26 Å². The van der Waals surface area contributed by atoms with E-state index in [1.54, 1.807) is 6.20 Å². The van der Waals surface area contributed by atoms with E-state index < -0.39 is 0 Å². The summed E-state index contributed by atoms with van der Waals surface area (Å²) in [5.74, 6) is 1.42. The van der Waals surface area contributed by atoms with E-state index in [2.05, 4.69) is 35.1 Å². The molecule has 2 aromatic rings. The molecule has 24 heavy (non-hydrogen) atoms. The van der Waals surface area contributed by atoms with Crippen molar-refractivity contribution >= 4 is 17.1 Å². The molecule has 2 heterocycles. The maximum absolute atomic E-state index is 9.65. The van der Waals surface area contributed by atoms with Crippen LogP contribution in [0.25, 0.3) is 5.57 Å². The van der Waals surface area contributed by atoms with Crippen LogP contribution in [0.4, 0.5) is 5.69 Å². The van der Waals surface area contributed by atoms with E-state index in [1.807, 2.05) is 42.5 Å². The first-order chi connectivity index (χ1) is 11.8. The minimum Gasteiger partial charge on any atom is -0.357 e. The van der Waals surface area contributed by atoms with Gasteiger partial charge in [0.25, 0.3) is 0 Å². The standard InChI is InChI=1S/C19H19N5/c1-3-24(4-2)19-14-9-5-6-11-17(14)22-18(23-19)15(13-20)16-10-7-8-12-21-16/h5-12,22H,3-4H2,1-2H3/b18-15+. The van der Waals surface area contributed by atoms with Gasteiger partial charge in [0.1, 0.15) is 17.5 Å². The van der Waals surface area contributed by atoms with Crippen LogP contribution in [0.2, 0.25) is 0 Å². The molecule has 0 fully saturated rings. The van der Waals surface area contributed by atoms with Crippen LogP contribution in [0.1, 0.15) is 25.1 Å². The maximum Gasteiger partial charge on any atom is 0.153 e. The van der Waals surface area contributed by atoms with Crippen LogP contribution in [0.5, 0.6) is 0 Å². The Morgan fingerprint density at radius 2 is 1.88 bits per heavy atom. The van der Waals surface area contributed by atoms with Gasteiger partial charge < -0.3 is 10.2 Å². The Hall–Kier alpha value is -3.13. The molecular weight excluding hydrogens is 298 g/mol. The average molecular weight is 317 g/mol. The molecule has 0 radical (unpaired) electrons. The summed E-state index contributed by atoms with van der Waals surface area (Å²) in [6.07, 6.45) is 1.68. The SMILES string of the molecule is CCN(CC)C1=N/C(=C(\C#N)c2ccccn2)Nc2ccccc21. The molecule has 0 saturated heterocycles. The Bertz CT molecular complexity index is 826. The van der Waals surface area contributed by atoms with Crippen molar-refractivity contribution in [3.05, 3.63) is 65.7 Å². The van der Waals surface area contributed by atoms with E-state index >= 15 is 0 Å². The Kier molecular flexibility index (Phi) is 4.57. The summed E-state index contributed by atoms with van der Waals surface area (Å²) in [5.41, 5.74) is 3.05. The number of rotatable bonds is 3. The van der Waals surface area contributed by atoms with Crippen molar-refractivity contribution in [2.75, 3.05) is 18.4 Å². The van der Waals surface area contributed by atoms with Gasteiger partial charge in [-0.15, -0.1) is 0 Å². The number of nitriles is 1. The Morgan fingerprint density at radius 1 is 1.12 bits per heavy atom. The van der Waals surface area contributed by atoms with Crippen LogP contribution in [0.15, 0.2) is 59.5 Å². The molecule has 3 rings (SSSR count). The largest absolute Gasteiger partial charge is 0.357 e. The monoisotopic (exact) mass is 317 g/mol. The number of allylic oxidation sites excluding steroid dienone is 1. The molecule has 0 aliphatic carbocycles. The second-order valence-electron chi connectivity index (χ2n) is 5.33. The molecule has 120 valence electrons. The van der Waals surface area contributed by atoms with Crippen molar-refractivity contribution in [3.8, 4) is 6.07 Å². The predicted molar refractivity (Wildman–Crippen MR) is 96.3 cm³/mol. The number of nitrogens with zero attached hydrogens (tertiary/aromatic N) is 4. The summed E-state index contributed by atoms with van der Waals surface area (Å²) in [4.78, 5) is 11.2. The van der Waals surface area contributed by atoms with Gasteiger partial charge in [-0.05, 0) is 38.1 Å². The quantitative estimate of drug-likeness (QED) is 0.880. The number of benzene rings is 1. The summed E-state index contributed by atoms with van der Waals surface area (Å²) in [6, 6.07) is 15.8. The number of amidine groups is 1. The lowest BCUT2D eigenvalue weighted by atomic mass is 10.1. The van der Waals surface area contributed by atoms with Gasteiger partial charge in [-0.25, -0.2) is 4.99 Å². The van der Waals surface area contributed by atoms with Gasteiger partial charge in [0.05, 0.1) is 11.4 Å². The van der Waals surface area contributed by atoms with E-state index in [-0.39, 0.29) is 0 Å². The Morgan fingerprint density at radius 3 is 2.54 bits per heavy atom. The third-order valence-corrected chi connectivity index (χ3v) is 3.97. The zero-order chi connectivity index (χ0) is 16.9. The van der Waals surface area contributed by atoms with Gasteiger partial charge in [0, 0.05) is 24.8 Å². The summed E-state index contributed by atoms with van der Waals surface area (Å²) < 4.78 is 0. The number of fused-ring (bicyclic) bond motifs is 1. The first-order valence-corrected chi connectivity index (χ1v) is 8.04. The second-order valence-corrected chi connectivity index (χ2v) is 5.33. The predicted octanol–water partition coefficient (Wildman–Crippen LogP) is 3.49. The topological polar surface area (TPSA) is 64.3 Å². The highest BCUT2D eigenvalue weighted by molar-refractivity contribution is 6.07. The highest BCUT2D eigenvalue weighted by Crippen LogP contribution is 2.28. The number of para-hydroxylation sites is 1. The molecule has 0 unspecified atom stereocenters. The van der Waals surface area contributed by atoms with Gasteiger partial charge in [-0.3, -0.25) is 4.98 Å². The molecule has 1 aliphatic rings. The number of hydrogen-bond donors (Lipinski definition) is 1. The fourth-order valence-corrected chi connectivity index (χ4v) is 2.73. The van der Waals surface area contributed by atoms with Crippen molar-refractivity contribution in [3.63, 3.8) is 0 Å². The molecular formula is C19H19N5. The lowest BCUT2D eigenvalue weighted by Gasteiger charge is -2.29. The van der Waals surface area contributed by atoms with Crippen LogP contribution in [-0.2, 0) is 0 Å². The molecule has 5 nitrogen and oxygen atoms in total. The van der Waals surface area contributed by atoms with Crippen molar-refractivity contribution < 1.29 is 0 Å². The van der Waals surface area contributed by atoms with Crippen molar-refractivity contribution in [2.24, 2.45) is 4.99 Å². The third kappa shape index (κ3) is 2.86. The molecule has 1 aromatic carbocycles. The van der Waals surface area contributed by atoms with E-state index in [0.29, 0.717) is 17.1 Å². The van der Waals surface area contributed by atoms with Crippen LogP contribution in [0.3, 0.4) is 0 Å².